The van der Waals surface area contributed by atoms with Crippen LogP contribution in [0.15, 0.2) is 93.8 Å². The number of carbonyl (C=O) groups excluding carboxylic acids is 1. The molecule has 7 nitrogen and oxygen atoms in total. The number of sulfonamides is 1. The van der Waals surface area contributed by atoms with Crippen LogP contribution in [0.25, 0.3) is 0 Å². The van der Waals surface area contributed by atoms with Gasteiger partial charge in [0.2, 0.25) is 15.9 Å². The molecule has 0 fully saturated rings. The number of rotatable bonds is 9. The van der Waals surface area contributed by atoms with Gasteiger partial charge in [-0.05, 0) is 78.4 Å². The van der Waals surface area contributed by atoms with Crippen molar-refractivity contribution in [2.24, 2.45) is 5.92 Å². The van der Waals surface area contributed by atoms with Crippen LogP contribution in [0.4, 0.5) is 4.39 Å². The predicted octanol–water partition coefficient (Wildman–Crippen LogP) is 6.66. The molecule has 1 heterocycles. The number of nitrogens with zero attached hydrogens (tertiary/aromatic N) is 1. The molecule has 4 rings (SSSR count). The van der Waals surface area contributed by atoms with Crippen LogP contribution in [0.5, 0.6) is 0 Å². The molecule has 0 aliphatic carbocycles. The highest BCUT2D eigenvalue weighted by molar-refractivity contribution is 9.10. The number of benzene rings is 3. The molecular formula is C30H29BrClFN2O5S. The molecule has 0 unspecified atom stereocenters. The molecule has 216 valence electrons. The zero-order valence-corrected chi connectivity index (χ0v) is 25.5. The van der Waals surface area contributed by atoms with Crippen molar-refractivity contribution in [1.29, 1.82) is 0 Å². The van der Waals surface area contributed by atoms with Crippen LogP contribution in [0.3, 0.4) is 0 Å². The maximum atomic E-state index is 14.4. The summed E-state index contributed by atoms with van der Waals surface area (Å²) in [6, 6.07) is 15.1. The number of carbonyl (C=O) groups is 2. The standard InChI is InChI=1S/C30H29BrClFN2O5S/c1-18(2)15-26(30(37)38)34-29(36)25-13-14-27(19-5-3-7-21(31)16-19)35(28(25)20-6-4-8-22(32)17-20)41(39,40)24-11-9-23(33)10-12-24/h3-13,16-18,26-28H,14-15H2,1-2H3,(H,34,36)(H,37,38)/t26-,27-,28-/m0/s1. The Morgan fingerprint density at radius 1 is 1.07 bits per heavy atom. The fraction of sp³-hybridized carbons (Fsp3) is 0.267. The number of amides is 1. The summed E-state index contributed by atoms with van der Waals surface area (Å²) >= 11 is 9.79. The first-order chi connectivity index (χ1) is 19.4. The van der Waals surface area contributed by atoms with Crippen molar-refractivity contribution < 1.29 is 27.5 Å². The Morgan fingerprint density at radius 2 is 1.73 bits per heavy atom. The molecule has 3 atom stereocenters. The topological polar surface area (TPSA) is 104 Å². The van der Waals surface area contributed by atoms with Crippen LogP contribution in [-0.4, -0.2) is 35.7 Å². The molecule has 2 N–H and O–H groups in total. The van der Waals surface area contributed by atoms with Gasteiger partial charge in [0.1, 0.15) is 11.9 Å². The maximum Gasteiger partial charge on any atom is 0.326 e. The van der Waals surface area contributed by atoms with Gasteiger partial charge in [0.25, 0.3) is 0 Å². The fourth-order valence-corrected chi connectivity index (χ4v) is 7.35. The lowest BCUT2D eigenvalue weighted by molar-refractivity contribution is -0.141. The molecule has 0 saturated carbocycles. The Morgan fingerprint density at radius 3 is 2.34 bits per heavy atom. The first kappa shape index (κ1) is 30.9. The number of hydrogen-bond donors (Lipinski definition) is 2. The van der Waals surface area contributed by atoms with E-state index >= 15 is 0 Å². The van der Waals surface area contributed by atoms with Gasteiger partial charge in [0.05, 0.1) is 17.0 Å². The van der Waals surface area contributed by atoms with Crippen LogP contribution in [0.2, 0.25) is 5.02 Å². The molecule has 11 heteroatoms. The number of hydrogen-bond acceptors (Lipinski definition) is 4. The normalized spacial score (nSPS) is 18.5. The average molecular weight is 664 g/mol. The summed E-state index contributed by atoms with van der Waals surface area (Å²) in [6.07, 6.45) is 1.96. The predicted molar refractivity (Wildman–Crippen MR) is 158 cm³/mol. The van der Waals surface area contributed by atoms with Crippen molar-refractivity contribution in [2.75, 3.05) is 0 Å². The van der Waals surface area contributed by atoms with Crippen molar-refractivity contribution in [3.63, 3.8) is 0 Å². The monoisotopic (exact) mass is 662 g/mol. The molecule has 3 aromatic rings. The van der Waals surface area contributed by atoms with E-state index in [-0.39, 0.29) is 29.2 Å². The molecule has 41 heavy (non-hydrogen) atoms. The van der Waals surface area contributed by atoms with E-state index in [9.17, 15) is 27.5 Å². The summed E-state index contributed by atoms with van der Waals surface area (Å²) in [7, 11) is -4.36. The molecule has 0 aromatic heterocycles. The highest BCUT2D eigenvalue weighted by Gasteiger charge is 2.45. The second kappa shape index (κ2) is 12.9. The Balaban J connectivity index is 1.93. The fourth-order valence-electron chi connectivity index (χ4n) is 4.96. The van der Waals surface area contributed by atoms with Crippen LogP contribution in [0, 0.1) is 11.7 Å². The van der Waals surface area contributed by atoms with E-state index in [1.54, 1.807) is 48.5 Å². The summed E-state index contributed by atoms with van der Waals surface area (Å²) in [4.78, 5) is 25.6. The zero-order chi connectivity index (χ0) is 29.9. The van der Waals surface area contributed by atoms with Gasteiger partial charge in [-0.1, -0.05) is 71.7 Å². The lowest BCUT2D eigenvalue weighted by atomic mass is 9.88. The van der Waals surface area contributed by atoms with E-state index in [0.29, 0.717) is 16.1 Å². The van der Waals surface area contributed by atoms with E-state index in [2.05, 4.69) is 21.2 Å². The first-order valence-corrected chi connectivity index (χ1v) is 15.5. The first-order valence-electron chi connectivity index (χ1n) is 12.9. The van der Waals surface area contributed by atoms with Crippen LogP contribution in [0.1, 0.15) is 49.9 Å². The number of aliphatic carboxylic acids is 1. The molecule has 0 spiro atoms. The molecule has 1 aliphatic heterocycles. The van der Waals surface area contributed by atoms with E-state index < -0.39 is 45.8 Å². The molecule has 0 saturated heterocycles. The number of carboxylic acids is 1. The largest absolute Gasteiger partial charge is 0.480 e. The lowest BCUT2D eigenvalue weighted by Gasteiger charge is -2.41. The van der Waals surface area contributed by atoms with Gasteiger partial charge in [-0.25, -0.2) is 17.6 Å². The maximum absolute atomic E-state index is 14.4. The highest BCUT2D eigenvalue weighted by Crippen LogP contribution is 2.46. The third-order valence-electron chi connectivity index (χ3n) is 6.78. The number of nitrogens with one attached hydrogen (secondary N) is 1. The van der Waals surface area contributed by atoms with E-state index in [4.69, 9.17) is 11.6 Å². The van der Waals surface area contributed by atoms with Crippen molar-refractivity contribution in [3.05, 3.63) is 111 Å². The minimum absolute atomic E-state index is 0.0169. The molecule has 3 aromatic carbocycles. The van der Waals surface area contributed by atoms with Crippen LogP contribution >= 0.6 is 27.5 Å². The SMILES string of the molecule is CC(C)C[C@H](NC(=O)C1=CC[C@@H](c2cccc(Br)c2)N(S(=O)(=O)c2ccc(F)cc2)[C@H]1c1cccc(Cl)c1)C(=O)O. The van der Waals surface area contributed by atoms with E-state index in [0.717, 1.165) is 16.6 Å². The van der Waals surface area contributed by atoms with E-state index in [1.165, 1.54) is 16.4 Å². The van der Waals surface area contributed by atoms with Gasteiger partial charge < -0.3 is 10.4 Å². The van der Waals surface area contributed by atoms with Crippen LogP contribution in [-0.2, 0) is 19.6 Å². The van der Waals surface area contributed by atoms with Crippen molar-refractivity contribution >= 4 is 49.4 Å². The molecule has 1 aliphatic rings. The molecule has 0 radical (unpaired) electrons. The van der Waals surface area contributed by atoms with E-state index in [1.807, 2.05) is 19.9 Å². The number of halogens is 3. The van der Waals surface area contributed by atoms with Gasteiger partial charge in [-0.2, -0.15) is 4.31 Å². The van der Waals surface area contributed by atoms with Gasteiger partial charge in [0.15, 0.2) is 0 Å². The summed E-state index contributed by atoms with van der Waals surface area (Å²) in [6.45, 7) is 3.69. The van der Waals surface area contributed by atoms with Crippen molar-refractivity contribution in [2.45, 2.75) is 49.7 Å². The third kappa shape index (κ3) is 7.06. The van der Waals surface area contributed by atoms with Gasteiger partial charge in [0, 0.05) is 15.1 Å². The Kier molecular flexibility index (Phi) is 9.69. The minimum Gasteiger partial charge on any atom is -0.480 e. The van der Waals surface area contributed by atoms with Crippen LogP contribution < -0.4 is 5.32 Å². The van der Waals surface area contributed by atoms with Gasteiger partial charge in [-0.3, -0.25) is 4.79 Å². The van der Waals surface area contributed by atoms with Crippen molar-refractivity contribution in [1.82, 2.24) is 9.62 Å². The zero-order valence-electron chi connectivity index (χ0n) is 22.3. The second-order valence-electron chi connectivity index (χ2n) is 10.2. The molecule has 0 bridgehead atoms. The summed E-state index contributed by atoms with van der Waals surface area (Å²) in [5, 5.41) is 12.7. The van der Waals surface area contributed by atoms with Crippen molar-refractivity contribution in [3.8, 4) is 0 Å². The minimum atomic E-state index is -4.36. The summed E-state index contributed by atoms with van der Waals surface area (Å²) in [5.41, 5.74) is 1.15. The highest BCUT2D eigenvalue weighted by atomic mass is 79.9. The average Bonchev–Trinajstić information content (AvgIpc) is 2.91. The smallest absolute Gasteiger partial charge is 0.326 e. The van der Waals surface area contributed by atoms with Gasteiger partial charge >= 0.3 is 5.97 Å². The summed E-state index contributed by atoms with van der Waals surface area (Å²) in [5.74, 6) is -2.50. The quantitative estimate of drug-likeness (QED) is 0.267. The third-order valence-corrected chi connectivity index (χ3v) is 9.39. The number of carboxylic acid groups (broad SMARTS) is 1. The van der Waals surface area contributed by atoms with Gasteiger partial charge in [-0.15, -0.1) is 0 Å². The Bertz CT molecular complexity index is 1580. The Hall–Kier alpha value is -3.05. The lowest BCUT2D eigenvalue weighted by Crippen LogP contribution is -2.47. The molecular weight excluding hydrogens is 635 g/mol. The second-order valence-corrected chi connectivity index (χ2v) is 13.4. The summed E-state index contributed by atoms with van der Waals surface area (Å²) < 4.78 is 44.5. The Labute approximate surface area is 252 Å². The molecule has 1 amide bonds.